The first-order valence-corrected chi connectivity index (χ1v) is 11.1. The Kier molecular flexibility index (Phi) is 9.18. The molecule has 1 aromatic heterocycles. The summed E-state index contributed by atoms with van der Waals surface area (Å²) in [5.74, 6) is -0.406. The molecule has 1 heterocycles. The Bertz CT molecular complexity index is 1140. The number of carbonyl (C=O) groups excluding carboxylic acids is 2. The molecule has 9 nitrogen and oxygen atoms in total. The minimum absolute atomic E-state index is 0.00113. The van der Waals surface area contributed by atoms with E-state index in [2.05, 4.69) is 22.8 Å². The second-order valence-corrected chi connectivity index (χ2v) is 8.02. The minimum atomic E-state index is -1.04. The number of carbonyl (C=O) groups is 2. The van der Waals surface area contributed by atoms with Crippen LogP contribution in [0.5, 0.6) is 0 Å². The molecule has 0 unspecified atom stereocenters. The van der Waals surface area contributed by atoms with Crippen LogP contribution < -0.4 is 10.7 Å². The summed E-state index contributed by atoms with van der Waals surface area (Å²) in [7, 11) is 0. The number of rotatable bonds is 10. The molecule has 0 aliphatic rings. The zero-order valence-corrected chi connectivity index (χ0v) is 19.7. The van der Waals surface area contributed by atoms with Crippen molar-refractivity contribution in [3.63, 3.8) is 0 Å². The Morgan fingerprint density at radius 3 is 2.69 bits per heavy atom. The van der Waals surface area contributed by atoms with E-state index in [1.165, 1.54) is 24.1 Å². The maximum absolute atomic E-state index is 13.7. The Morgan fingerprint density at radius 2 is 2.00 bits per heavy atom. The Morgan fingerprint density at radius 1 is 1.26 bits per heavy atom. The van der Waals surface area contributed by atoms with Gasteiger partial charge < -0.3 is 14.4 Å². The molecule has 11 heteroatoms. The highest BCUT2D eigenvalue weighted by atomic mass is 35.5. The predicted molar refractivity (Wildman–Crippen MR) is 127 cm³/mol. The van der Waals surface area contributed by atoms with Gasteiger partial charge >= 0.3 is 6.09 Å². The molecule has 2 amide bonds. The van der Waals surface area contributed by atoms with Gasteiger partial charge in [0.1, 0.15) is 12.4 Å². The lowest BCUT2D eigenvalue weighted by atomic mass is 10.1. The fraction of sp³-hybridized carbons (Fsp3) is 0.250. The number of nitrogens with zero attached hydrogens (tertiary/aromatic N) is 2. The first kappa shape index (κ1) is 26.1. The number of benzene rings is 2. The highest BCUT2D eigenvalue weighted by molar-refractivity contribution is 6.31. The second-order valence-electron chi connectivity index (χ2n) is 7.65. The van der Waals surface area contributed by atoms with Gasteiger partial charge in [-0.3, -0.25) is 15.1 Å². The SMILES string of the molecule is [CH2][C@@H](O)C[C@@H](COC(=O)Nc1cc(-c2ccccc2)on1)N(NCc1cccc(F)c1Cl)C(C)=O. The normalized spacial score (nSPS) is 12.6. The average molecular weight is 504 g/mol. The number of ether oxygens (including phenoxy) is 1. The Labute approximate surface area is 206 Å². The highest BCUT2D eigenvalue weighted by Gasteiger charge is 2.25. The van der Waals surface area contributed by atoms with Crippen LogP contribution in [0.4, 0.5) is 15.0 Å². The van der Waals surface area contributed by atoms with Gasteiger partial charge in [0, 0.05) is 25.1 Å². The van der Waals surface area contributed by atoms with Crippen LogP contribution in [-0.4, -0.2) is 46.0 Å². The molecule has 2 aromatic carbocycles. The maximum atomic E-state index is 13.7. The number of hydrogen-bond donors (Lipinski definition) is 3. The van der Waals surface area contributed by atoms with Crippen molar-refractivity contribution in [1.82, 2.24) is 15.6 Å². The topological polar surface area (TPSA) is 117 Å². The molecular formula is C24H25ClFN4O5. The molecule has 185 valence electrons. The summed E-state index contributed by atoms with van der Waals surface area (Å²) < 4.78 is 24.2. The third-order valence-corrected chi connectivity index (χ3v) is 5.35. The monoisotopic (exact) mass is 503 g/mol. The fourth-order valence-electron chi connectivity index (χ4n) is 3.30. The van der Waals surface area contributed by atoms with E-state index in [9.17, 15) is 19.1 Å². The van der Waals surface area contributed by atoms with Crippen LogP contribution in [0.25, 0.3) is 11.3 Å². The summed E-state index contributed by atoms with van der Waals surface area (Å²) in [5.41, 5.74) is 4.07. The first-order chi connectivity index (χ1) is 16.7. The highest BCUT2D eigenvalue weighted by Crippen LogP contribution is 2.22. The number of aliphatic hydroxyl groups excluding tert-OH is 1. The smallest absolute Gasteiger partial charge is 0.412 e. The average Bonchev–Trinajstić information content (AvgIpc) is 3.28. The maximum Gasteiger partial charge on any atom is 0.412 e. The molecule has 0 spiro atoms. The molecule has 2 atom stereocenters. The van der Waals surface area contributed by atoms with Crippen LogP contribution >= 0.6 is 11.6 Å². The summed E-state index contributed by atoms with van der Waals surface area (Å²) in [6.07, 6.45) is -1.88. The fourth-order valence-corrected chi connectivity index (χ4v) is 3.49. The van der Waals surface area contributed by atoms with Gasteiger partial charge in [-0.2, -0.15) is 0 Å². The van der Waals surface area contributed by atoms with E-state index in [4.69, 9.17) is 20.9 Å². The van der Waals surface area contributed by atoms with E-state index in [1.807, 2.05) is 30.3 Å². The minimum Gasteiger partial charge on any atom is -0.447 e. The number of aliphatic hydroxyl groups is 1. The van der Waals surface area contributed by atoms with Gasteiger partial charge in [0.25, 0.3) is 0 Å². The third kappa shape index (κ3) is 7.51. The van der Waals surface area contributed by atoms with Crippen LogP contribution in [-0.2, 0) is 16.1 Å². The van der Waals surface area contributed by atoms with Gasteiger partial charge in [-0.15, -0.1) is 0 Å². The molecule has 0 aliphatic carbocycles. The van der Waals surface area contributed by atoms with Crippen LogP contribution in [0, 0.1) is 12.7 Å². The zero-order valence-electron chi connectivity index (χ0n) is 18.9. The number of halogens is 2. The molecule has 0 saturated heterocycles. The summed E-state index contributed by atoms with van der Waals surface area (Å²) in [5, 5.41) is 17.2. The lowest BCUT2D eigenvalue weighted by molar-refractivity contribution is -0.137. The van der Waals surface area contributed by atoms with Crippen molar-refractivity contribution < 1.29 is 28.3 Å². The van der Waals surface area contributed by atoms with E-state index in [0.29, 0.717) is 11.3 Å². The van der Waals surface area contributed by atoms with Crippen molar-refractivity contribution in [2.24, 2.45) is 0 Å². The van der Waals surface area contributed by atoms with Crippen molar-refractivity contribution in [3.8, 4) is 11.3 Å². The molecule has 0 aliphatic heterocycles. The summed E-state index contributed by atoms with van der Waals surface area (Å²) in [6.45, 7) is 4.57. The standard InChI is InChI=1S/C24H25ClFN4O5/c1-15(31)11-19(30(16(2)32)27-13-18-9-6-10-20(26)23(18)25)14-34-24(33)28-22-12-21(35-29-22)17-7-4-3-5-8-17/h3-10,12,15,19,27,31H,1,11,13-14H2,2H3,(H,28,29,33)/t15-,19+/m1/s1. The first-order valence-electron chi connectivity index (χ1n) is 10.7. The van der Waals surface area contributed by atoms with Gasteiger partial charge in [-0.25, -0.2) is 14.6 Å². The van der Waals surface area contributed by atoms with Crippen LogP contribution in [0.15, 0.2) is 59.1 Å². The van der Waals surface area contributed by atoms with Crippen molar-refractivity contribution in [2.45, 2.75) is 32.0 Å². The van der Waals surface area contributed by atoms with Gasteiger partial charge in [-0.05, 0) is 25.0 Å². The Hall–Kier alpha value is -3.47. The molecular weight excluding hydrogens is 479 g/mol. The van der Waals surface area contributed by atoms with Crippen LogP contribution in [0.3, 0.4) is 0 Å². The molecule has 0 bridgehead atoms. The lowest BCUT2D eigenvalue weighted by Crippen LogP contribution is -2.51. The molecule has 0 saturated carbocycles. The van der Waals surface area contributed by atoms with Gasteiger partial charge in [-0.1, -0.05) is 59.2 Å². The van der Waals surface area contributed by atoms with E-state index in [1.54, 1.807) is 12.1 Å². The summed E-state index contributed by atoms with van der Waals surface area (Å²) in [4.78, 5) is 24.6. The number of aromatic nitrogens is 1. The van der Waals surface area contributed by atoms with Crippen molar-refractivity contribution in [1.29, 1.82) is 0 Å². The zero-order chi connectivity index (χ0) is 25.4. The molecule has 3 aromatic rings. The van der Waals surface area contributed by atoms with E-state index in [0.717, 1.165) is 5.56 Å². The second kappa shape index (κ2) is 12.3. The number of hydrazine groups is 1. The Balaban J connectivity index is 1.62. The van der Waals surface area contributed by atoms with E-state index in [-0.39, 0.29) is 30.4 Å². The molecule has 3 N–H and O–H groups in total. The van der Waals surface area contributed by atoms with Crippen molar-refractivity contribution in [2.75, 3.05) is 11.9 Å². The number of amides is 2. The summed E-state index contributed by atoms with van der Waals surface area (Å²) >= 11 is 5.98. The number of anilines is 1. The quantitative estimate of drug-likeness (QED) is 0.355. The largest absolute Gasteiger partial charge is 0.447 e. The van der Waals surface area contributed by atoms with Gasteiger partial charge in [0.2, 0.25) is 5.91 Å². The predicted octanol–water partition coefficient (Wildman–Crippen LogP) is 4.19. The molecule has 0 fully saturated rings. The van der Waals surface area contributed by atoms with Crippen LogP contribution in [0.1, 0.15) is 18.9 Å². The van der Waals surface area contributed by atoms with Crippen LogP contribution in [0.2, 0.25) is 5.02 Å². The van der Waals surface area contributed by atoms with Gasteiger partial charge in [0.05, 0.1) is 17.2 Å². The molecule has 3 rings (SSSR count). The van der Waals surface area contributed by atoms with Gasteiger partial charge in [0.15, 0.2) is 11.6 Å². The molecule has 35 heavy (non-hydrogen) atoms. The lowest BCUT2D eigenvalue weighted by Gasteiger charge is -2.32. The van der Waals surface area contributed by atoms with E-state index >= 15 is 0 Å². The van der Waals surface area contributed by atoms with Crippen molar-refractivity contribution >= 4 is 29.4 Å². The summed E-state index contributed by atoms with van der Waals surface area (Å²) in [6, 6.07) is 14.3. The van der Waals surface area contributed by atoms with E-state index < -0.39 is 30.0 Å². The number of nitrogens with one attached hydrogen (secondary N) is 2. The number of hydrogen-bond acceptors (Lipinski definition) is 7. The van der Waals surface area contributed by atoms with Crippen molar-refractivity contribution in [3.05, 3.63) is 77.9 Å². The third-order valence-electron chi connectivity index (χ3n) is 4.93. The molecule has 1 radical (unpaired) electrons.